The molecule has 1 heterocycles. The van der Waals surface area contributed by atoms with Gasteiger partial charge in [0.15, 0.2) is 0 Å². The van der Waals surface area contributed by atoms with Crippen LogP contribution in [0, 0.1) is 24.2 Å². The third kappa shape index (κ3) is 3.99. The van der Waals surface area contributed by atoms with Gasteiger partial charge in [0.05, 0.1) is 23.0 Å². The molecule has 6 heteroatoms. The lowest BCUT2D eigenvalue weighted by atomic mass is 10.0. The normalized spacial score (nSPS) is 10.5. The van der Waals surface area contributed by atoms with Crippen molar-refractivity contribution >= 4 is 11.6 Å². The second-order valence-electron chi connectivity index (χ2n) is 6.78. The van der Waals surface area contributed by atoms with Crippen LogP contribution in [0.2, 0.25) is 0 Å². The number of aromatic nitrogens is 2. The van der Waals surface area contributed by atoms with Gasteiger partial charge >= 0.3 is 0 Å². The zero-order valence-corrected chi connectivity index (χ0v) is 15.9. The van der Waals surface area contributed by atoms with Crippen molar-refractivity contribution in [2.45, 2.75) is 20.8 Å². The number of carbonyl (C=O) groups excluding carboxylic acids is 1. The smallest absolute Gasteiger partial charge is 0.272 e. The molecule has 6 nitrogen and oxygen atoms in total. The molecule has 0 aliphatic heterocycles. The summed E-state index contributed by atoms with van der Waals surface area (Å²) in [6.45, 7) is 5.49. The Morgan fingerprint density at radius 2 is 1.86 bits per heavy atom. The van der Waals surface area contributed by atoms with E-state index in [0.717, 1.165) is 5.56 Å². The highest BCUT2D eigenvalue weighted by molar-refractivity contribution is 5.92. The van der Waals surface area contributed by atoms with Gasteiger partial charge < -0.3 is 5.32 Å². The molecule has 3 rings (SSSR count). The van der Waals surface area contributed by atoms with Gasteiger partial charge in [0.25, 0.3) is 5.56 Å². The number of amides is 1. The van der Waals surface area contributed by atoms with E-state index >= 15 is 0 Å². The molecular formula is C22H20N4O2. The van der Waals surface area contributed by atoms with Crippen LogP contribution in [0.4, 0.5) is 5.69 Å². The van der Waals surface area contributed by atoms with Crippen molar-refractivity contribution in [3.8, 4) is 22.9 Å². The fourth-order valence-corrected chi connectivity index (χ4v) is 2.75. The predicted molar refractivity (Wildman–Crippen MR) is 108 cm³/mol. The van der Waals surface area contributed by atoms with Crippen LogP contribution in [0.1, 0.15) is 25.1 Å². The monoisotopic (exact) mass is 372 g/mol. The lowest BCUT2D eigenvalue weighted by molar-refractivity contribution is -0.118. The van der Waals surface area contributed by atoms with Gasteiger partial charge in [-0.2, -0.15) is 15.0 Å². The van der Waals surface area contributed by atoms with Crippen molar-refractivity contribution in [1.29, 1.82) is 5.26 Å². The minimum atomic E-state index is -0.276. The van der Waals surface area contributed by atoms with Crippen molar-refractivity contribution in [1.82, 2.24) is 9.78 Å². The van der Waals surface area contributed by atoms with Crippen LogP contribution >= 0.6 is 0 Å². The van der Waals surface area contributed by atoms with E-state index in [1.54, 1.807) is 24.3 Å². The van der Waals surface area contributed by atoms with E-state index in [2.05, 4.69) is 16.5 Å². The minimum Gasteiger partial charge on any atom is -0.326 e. The van der Waals surface area contributed by atoms with Gasteiger partial charge in [0, 0.05) is 23.2 Å². The molecular weight excluding hydrogens is 352 g/mol. The Morgan fingerprint density at radius 3 is 2.50 bits per heavy atom. The van der Waals surface area contributed by atoms with Gasteiger partial charge in [0.1, 0.15) is 0 Å². The Hall–Kier alpha value is -3.72. The van der Waals surface area contributed by atoms with Gasteiger partial charge in [0.2, 0.25) is 5.91 Å². The summed E-state index contributed by atoms with van der Waals surface area (Å²) in [6, 6.07) is 17.6. The summed E-state index contributed by atoms with van der Waals surface area (Å²) < 4.78 is 1.31. The Morgan fingerprint density at radius 1 is 1.14 bits per heavy atom. The van der Waals surface area contributed by atoms with Crippen LogP contribution in [-0.2, 0) is 4.79 Å². The largest absolute Gasteiger partial charge is 0.326 e. The molecule has 0 aliphatic rings. The quantitative estimate of drug-likeness (QED) is 0.757. The molecule has 0 atom stereocenters. The second-order valence-corrected chi connectivity index (χ2v) is 6.78. The molecule has 0 fully saturated rings. The standard InChI is InChI=1S/C22H20N4O2/c1-14(2)22(28)24-18-6-4-5-17(11-18)20-12-21(27)26(25-15(20)3)19-9-7-16(13-23)8-10-19/h4-12,14H,1-3H3,(H,24,28). The molecule has 0 saturated carbocycles. The number of hydrogen-bond acceptors (Lipinski definition) is 4. The fraction of sp³-hybridized carbons (Fsp3) is 0.182. The molecule has 0 spiro atoms. The van der Waals surface area contributed by atoms with Gasteiger partial charge in [-0.1, -0.05) is 26.0 Å². The maximum atomic E-state index is 12.6. The molecule has 1 N–H and O–H groups in total. The summed E-state index contributed by atoms with van der Waals surface area (Å²) in [7, 11) is 0. The number of nitrogens with one attached hydrogen (secondary N) is 1. The van der Waals surface area contributed by atoms with Crippen LogP contribution < -0.4 is 10.9 Å². The van der Waals surface area contributed by atoms with E-state index in [1.165, 1.54) is 10.7 Å². The maximum absolute atomic E-state index is 12.6. The maximum Gasteiger partial charge on any atom is 0.272 e. The Labute approximate surface area is 163 Å². The lowest BCUT2D eigenvalue weighted by Crippen LogP contribution is -2.21. The second kappa shape index (κ2) is 7.89. The Balaban J connectivity index is 1.98. The summed E-state index contributed by atoms with van der Waals surface area (Å²) in [5.74, 6) is -0.188. The van der Waals surface area contributed by atoms with E-state index in [1.807, 2.05) is 45.0 Å². The molecule has 1 amide bonds. The molecule has 0 unspecified atom stereocenters. The first-order chi connectivity index (χ1) is 13.4. The summed E-state index contributed by atoms with van der Waals surface area (Å²) in [4.78, 5) is 24.6. The molecule has 1 aromatic heterocycles. The molecule has 2 aromatic carbocycles. The highest BCUT2D eigenvalue weighted by atomic mass is 16.2. The van der Waals surface area contributed by atoms with E-state index in [-0.39, 0.29) is 17.4 Å². The molecule has 0 saturated heterocycles. The van der Waals surface area contributed by atoms with Crippen molar-refractivity contribution < 1.29 is 4.79 Å². The van der Waals surface area contributed by atoms with E-state index in [0.29, 0.717) is 28.2 Å². The topological polar surface area (TPSA) is 87.8 Å². The van der Waals surface area contributed by atoms with Crippen LogP contribution in [0.25, 0.3) is 16.8 Å². The van der Waals surface area contributed by atoms with Gasteiger partial charge in [-0.3, -0.25) is 9.59 Å². The number of rotatable bonds is 4. The molecule has 0 bridgehead atoms. The van der Waals surface area contributed by atoms with Crippen LogP contribution in [0.5, 0.6) is 0 Å². The number of nitriles is 1. The van der Waals surface area contributed by atoms with Crippen LogP contribution in [0.15, 0.2) is 59.4 Å². The molecule has 0 aliphatic carbocycles. The summed E-state index contributed by atoms with van der Waals surface area (Å²) in [6.07, 6.45) is 0. The summed E-state index contributed by atoms with van der Waals surface area (Å²) >= 11 is 0. The van der Waals surface area contributed by atoms with E-state index in [4.69, 9.17) is 5.26 Å². The van der Waals surface area contributed by atoms with Gasteiger partial charge in [-0.15, -0.1) is 0 Å². The van der Waals surface area contributed by atoms with Crippen LogP contribution in [-0.4, -0.2) is 15.7 Å². The Kier molecular flexibility index (Phi) is 5.37. The van der Waals surface area contributed by atoms with Crippen molar-refractivity contribution in [3.05, 3.63) is 76.2 Å². The number of hydrogen-bond donors (Lipinski definition) is 1. The average Bonchev–Trinajstić information content (AvgIpc) is 2.69. The molecule has 140 valence electrons. The SMILES string of the molecule is Cc1nn(-c2ccc(C#N)cc2)c(=O)cc1-c1cccc(NC(=O)C(C)C)c1. The summed E-state index contributed by atoms with van der Waals surface area (Å²) in [5.41, 5.74) is 3.69. The van der Waals surface area contributed by atoms with Crippen LogP contribution in [0.3, 0.4) is 0 Å². The molecule has 3 aromatic rings. The average molecular weight is 372 g/mol. The van der Waals surface area contributed by atoms with Crippen molar-refractivity contribution in [3.63, 3.8) is 0 Å². The first kappa shape index (κ1) is 19.1. The number of aryl methyl sites for hydroxylation is 1. The first-order valence-electron chi connectivity index (χ1n) is 8.92. The zero-order valence-electron chi connectivity index (χ0n) is 15.9. The predicted octanol–water partition coefficient (Wildman–Crippen LogP) is 3.67. The third-order valence-electron chi connectivity index (χ3n) is 4.32. The third-order valence-corrected chi connectivity index (χ3v) is 4.32. The lowest BCUT2D eigenvalue weighted by Gasteiger charge is -2.12. The number of carbonyl (C=O) groups is 1. The zero-order chi connectivity index (χ0) is 20.3. The van der Waals surface area contributed by atoms with Crippen molar-refractivity contribution in [2.75, 3.05) is 5.32 Å². The molecule has 28 heavy (non-hydrogen) atoms. The highest BCUT2D eigenvalue weighted by Crippen LogP contribution is 2.24. The van der Waals surface area contributed by atoms with Crippen molar-refractivity contribution in [2.24, 2.45) is 5.92 Å². The van der Waals surface area contributed by atoms with E-state index < -0.39 is 0 Å². The first-order valence-corrected chi connectivity index (χ1v) is 8.92. The highest BCUT2D eigenvalue weighted by Gasteiger charge is 2.11. The Bertz CT molecular complexity index is 1120. The fourth-order valence-electron chi connectivity index (χ4n) is 2.75. The number of benzene rings is 2. The molecule has 0 radical (unpaired) electrons. The van der Waals surface area contributed by atoms with Gasteiger partial charge in [-0.05, 0) is 48.9 Å². The number of nitrogens with zero attached hydrogens (tertiary/aromatic N) is 3. The van der Waals surface area contributed by atoms with E-state index in [9.17, 15) is 9.59 Å². The van der Waals surface area contributed by atoms with Gasteiger partial charge in [-0.25, -0.2) is 0 Å². The number of anilines is 1. The minimum absolute atomic E-state index is 0.0665. The summed E-state index contributed by atoms with van der Waals surface area (Å²) in [5, 5.41) is 16.2.